The lowest BCUT2D eigenvalue weighted by atomic mass is 9.92. The van der Waals surface area contributed by atoms with Gasteiger partial charge in [-0.25, -0.2) is 0 Å². The number of alkyl halides is 3. The van der Waals surface area contributed by atoms with Gasteiger partial charge in [0.2, 0.25) is 0 Å². The Balaban J connectivity index is 2.32. The van der Waals surface area contributed by atoms with Crippen LogP contribution < -0.4 is 0 Å². The molecule has 98 valence electrons. The Morgan fingerprint density at radius 3 is 2.78 bits per heavy atom. The van der Waals surface area contributed by atoms with Crippen LogP contribution in [0.1, 0.15) is 29.9 Å². The molecule has 18 heavy (non-hydrogen) atoms. The van der Waals surface area contributed by atoms with Crippen molar-refractivity contribution in [2.24, 2.45) is 0 Å². The number of carboxylic acid groups (broad SMARTS) is 1. The molecule has 1 aromatic rings. The molecule has 1 N–H and O–H groups in total. The van der Waals surface area contributed by atoms with Crippen molar-refractivity contribution in [1.29, 1.82) is 0 Å². The SMILES string of the molecule is O=C(O)CCC1CSc2cccc(C(F)(F)F)c21. The molecule has 0 saturated heterocycles. The summed E-state index contributed by atoms with van der Waals surface area (Å²) >= 11 is 1.36. The van der Waals surface area contributed by atoms with Gasteiger partial charge in [-0.05, 0) is 30.0 Å². The normalized spacial score (nSPS) is 18.7. The van der Waals surface area contributed by atoms with Crippen LogP contribution in [0.2, 0.25) is 0 Å². The monoisotopic (exact) mass is 276 g/mol. The molecule has 0 saturated carbocycles. The van der Waals surface area contributed by atoms with E-state index in [-0.39, 0.29) is 24.3 Å². The Kier molecular flexibility index (Phi) is 3.56. The molecule has 0 aromatic heterocycles. The second-order valence-corrected chi connectivity index (χ2v) is 5.22. The predicted molar refractivity (Wildman–Crippen MR) is 61.8 cm³/mol. The molecule has 0 spiro atoms. The fourth-order valence-corrected chi connectivity index (χ4v) is 3.46. The molecular weight excluding hydrogens is 265 g/mol. The number of benzene rings is 1. The van der Waals surface area contributed by atoms with E-state index in [1.165, 1.54) is 17.8 Å². The maximum atomic E-state index is 12.9. The van der Waals surface area contributed by atoms with Gasteiger partial charge < -0.3 is 5.11 Å². The highest BCUT2D eigenvalue weighted by molar-refractivity contribution is 7.99. The van der Waals surface area contributed by atoms with Crippen LogP contribution in [0, 0.1) is 0 Å². The second-order valence-electron chi connectivity index (χ2n) is 4.16. The molecule has 0 bridgehead atoms. The number of thioether (sulfide) groups is 1. The van der Waals surface area contributed by atoms with Gasteiger partial charge >= 0.3 is 12.1 Å². The van der Waals surface area contributed by atoms with Crippen molar-refractivity contribution < 1.29 is 23.1 Å². The first-order valence-corrected chi connectivity index (χ1v) is 6.43. The molecule has 0 aliphatic carbocycles. The van der Waals surface area contributed by atoms with Gasteiger partial charge in [0, 0.05) is 17.1 Å². The van der Waals surface area contributed by atoms with Crippen molar-refractivity contribution in [2.75, 3.05) is 5.75 Å². The summed E-state index contributed by atoms with van der Waals surface area (Å²) in [6.45, 7) is 0. The van der Waals surface area contributed by atoms with Crippen molar-refractivity contribution in [3.8, 4) is 0 Å². The molecule has 0 fully saturated rings. The minimum atomic E-state index is -4.38. The fraction of sp³-hybridized carbons (Fsp3) is 0.417. The smallest absolute Gasteiger partial charge is 0.416 e. The molecule has 1 aliphatic heterocycles. The summed E-state index contributed by atoms with van der Waals surface area (Å²) in [6, 6.07) is 4.13. The lowest BCUT2D eigenvalue weighted by Gasteiger charge is -2.16. The number of carbonyl (C=O) groups is 1. The van der Waals surface area contributed by atoms with Crippen LogP contribution in [0.3, 0.4) is 0 Å². The highest BCUT2D eigenvalue weighted by Crippen LogP contribution is 2.47. The highest BCUT2D eigenvalue weighted by Gasteiger charge is 2.38. The van der Waals surface area contributed by atoms with E-state index >= 15 is 0 Å². The molecule has 2 rings (SSSR count). The van der Waals surface area contributed by atoms with Gasteiger partial charge in [0.1, 0.15) is 0 Å². The predicted octanol–water partition coefficient (Wildman–Crippen LogP) is 3.76. The van der Waals surface area contributed by atoms with Crippen LogP contribution in [0.5, 0.6) is 0 Å². The van der Waals surface area contributed by atoms with E-state index in [4.69, 9.17) is 5.11 Å². The van der Waals surface area contributed by atoms with E-state index in [0.29, 0.717) is 10.6 Å². The third-order valence-electron chi connectivity index (χ3n) is 2.93. The number of aliphatic carboxylic acids is 1. The zero-order valence-corrected chi connectivity index (χ0v) is 10.1. The fourth-order valence-electron chi connectivity index (χ4n) is 2.14. The first-order chi connectivity index (χ1) is 8.39. The zero-order chi connectivity index (χ0) is 13.3. The summed E-state index contributed by atoms with van der Waals surface area (Å²) < 4.78 is 38.7. The maximum absolute atomic E-state index is 12.9. The number of fused-ring (bicyclic) bond motifs is 1. The van der Waals surface area contributed by atoms with Crippen LogP contribution in [-0.4, -0.2) is 16.8 Å². The van der Waals surface area contributed by atoms with E-state index < -0.39 is 17.7 Å². The van der Waals surface area contributed by atoms with Crippen LogP contribution in [0.15, 0.2) is 23.1 Å². The molecule has 1 heterocycles. The first-order valence-electron chi connectivity index (χ1n) is 5.44. The van der Waals surface area contributed by atoms with Gasteiger partial charge in [0.15, 0.2) is 0 Å². The second kappa shape index (κ2) is 4.84. The summed E-state index contributed by atoms with van der Waals surface area (Å²) in [7, 11) is 0. The number of rotatable bonds is 3. The molecule has 1 aliphatic rings. The lowest BCUT2D eigenvalue weighted by molar-refractivity contribution is -0.138. The molecule has 1 atom stereocenters. The van der Waals surface area contributed by atoms with E-state index in [9.17, 15) is 18.0 Å². The van der Waals surface area contributed by atoms with Gasteiger partial charge in [-0.15, -0.1) is 11.8 Å². The van der Waals surface area contributed by atoms with Crippen LogP contribution in [0.4, 0.5) is 13.2 Å². The van der Waals surface area contributed by atoms with Gasteiger partial charge in [0.05, 0.1) is 5.56 Å². The van der Waals surface area contributed by atoms with E-state index in [1.807, 2.05) is 0 Å². The molecule has 1 aromatic carbocycles. The summed E-state index contributed by atoms with van der Waals surface area (Å²) in [6.07, 6.45) is -4.23. The largest absolute Gasteiger partial charge is 0.481 e. The van der Waals surface area contributed by atoms with Crippen molar-refractivity contribution in [2.45, 2.75) is 29.8 Å². The number of hydrogen-bond donors (Lipinski definition) is 1. The third kappa shape index (κ3) is 2.63. The van der Waals surface area contributed by atoms with Gasteiger partial charge in [-0.3, -0.25) is 4.79 Å². The third-order valence-corrected chi connectivity index (χ3v) is 4.16. The number of carboxylic acids is 1. The summed E-state index contributed by atoms with van der Waals surface area (Å²) in [5.41, 5.74) is -0.350. The Bertz CT molecular complexity index is 471. The standard InChI is InChI=1S/C12H11F3O2S/c13-12(14,15)8-2-1-3-9-11(8)7(6-18-9)4-5-10(16)17/h1-3,7H,4-6H2,(H,16,17). The van der Waals surface area contributed by atoms with Crippen LogP contribution in [-0.2, 0) is 11.0 Å². The van der Waals surface area contributed by atoms with Gasteiger partial charge in [0.25, 0.3) is 0 Å². The van der Waals surface area contributed by atoms with Crippen molar-refractivity contribution >= 4 is 17.7 Å². The minimum Gasteiger partial charge on any atom is -0.481 e. The molecule has 1 unspecified atom stereocenters. The minimum absolute atomic E-state index is 0.100. The Morgan fingerprint density at radius 1 is 1.44 bits per heavy atom. The molecule has 0 amide bonds. The van der Waals surface area contributed by atoms with E-state index in [0.717, 1.165) is 6.07 Å². The number of halogens is 3. The first kappa shape index (κ1) is 13.3. The van der Waals surface area contributed by atoms with Crippen LogP contribution >= 0.6 is 11.8 Å². The topological polar surface area (TPSA) is 37.3 Å². The molecule has 6 heteroatoms. The Hall–Kier alpha value is -1.17. The average Bonchev–Trinajstić information content (AvgIpc) is 2.67. The van der Waals surface area contributed by atoms with E-state index in [1.54, 1.807) is 6.07 Å². The molecular formula is C12H11F3O2S. The maximum Gasteiger partial charge on any atom is 0.416 e. The number of hydrogen-bond acceptors (Lipinski definition) is 2. The molecule has 2 nitrogen and oxygen atoms in total. The van der Waals surface area contributed by atoms with Crippen molar-refractivity contribution in [1.82, 2.24) is 0 Å². The van der Waals surface area contributed by atoms with Crippen molar-refractivity contribution in [3.05, 3.63) is 29.3 Å². The quantitative estimate of drug-likeness (QED) is 0.913. The summed E-state index contributed by atoms with van der Waals surface area (Å²) in [5.74, 6) is -0.771. The Labute approximate surface area is 106 Å². The van der Waals surface area contributed by atoms with Crippen LogP contribution in [0.25, 0.3) is 0 Å². The Morgan fingerprint density at radius 2 is 2.17 bits per heavy atom. The summed E-state index contributed by atoms with van der Waals surface area (Å²) in [5, 5.41) is 8.62. The van der Waals surface area contributed by atoms with Gasteiger partial charge in [-0.1, -0.05) is 6.07 Å². The van der Waals surface area contributed by atoms with E-state index in [2.05, 4.69) is 0 Å². The summed E-state index contributed by atoms with van der Waals surface area (Å²) in [4.78, 5) is 11.1. The molecule has 0 radical (unpaired) electrons. The van der Waals surface area contributed by atoms with Crippen molar-refractivity contribution in [3.63, 3.8) is 0 Å². The highest BCUT2D eigenvalue weighted by atomic mass is 32.2. The average molecular weight is 276 g/mol. The zero-order valence-electron chi connectivity index (χ0n) is 9.33. The lowest BCUT2D eigenvalue weighted by Crippen LogP contribution is -2.12. The van der Waals surface area contributed by atoms with Gasteiger partial charge in [-0.2, -0.15) is 13.2 Å².